The highest BCUT2D eigenvalue weighted by Gasteiger charge is 2.44. The van der Waals surface area contributed by atoms with Gasteiger partial charge in [0.1, 0.15) is 0 Å². The topological polar surface area (TPSA) is 29.1 Å². The Morgan fingerprint density at radius 3 is 2.94 bits per heavy atom. The second kappa shape index (κ2) is 4.45. The predicted molar refractivity (Wildman–Crippen MR) is 70.7 cm³/mol. The van der Waals surface area contributed by atoms with Crippen LogP contribution in [-0.4, -0.2) is 12.5 Å². The number of hydrogen-bond acceptors (Lipinski definition) is 1. The van der Waals surface area contributed by atoms with Crippen molar-refractivity contribution in [3.63, 3.8) is 0 Å². The van der Waals surface area contributed by atoms with E-state index >= 15 is 0 Å². The molecule has 17 heavy (non-hydrogen) atoms. The Morgan fingerprint density at radius 1 is 1.41 bits per heavy atom. The molecule has 2 aliphatic carbocycles. The highest BCUT2D eigenvalue weighted by Crippen LogP contribution is 2.48. The molecule has 90 valence electrons. The molecule has 2 atom stereocenters. The number of nitrogens with one attached hydrogen (secondary N) is 1. The summed E-state index contributed by atoms with van der Waals surface area (Å²) in [6, 6.07) is 8.30. The van der Waals surface area contributed by atoms with Gasteiger partial charge in [0, 0.05) is 16.9 Å². The molecule has 2 aliphatic rings. The minimum atomic E-state index is 0.211. The number of hydrogen-bond donors (Lipinski definition) is 1. The van der Waals surface area contributed by atoms with E-state index in [2.05, 4.69) is 33.4 Å². The highest BCUT2D eigenvalue weighted by atomic mass is 79.9. The lowest BCUT2D eigenvalue weighted by atomic mass is 10.1. The van der Waals surface area contributed by atoms with Crippen molar-refractivity contribution >= 4 is 21.8 Å². The van der Waals surface area contributed by atoms with E-state index in [9.17, 15) is 4.79 Å². The second-order valence-electron chi connectivity index (χ2n) is 5.19. The Kier molecular flexibility index (Phi) is 2.95. The zero-order valence-electron chi connectivity index (χ0n) is 9.66. The molecule has 2 fully saturated rings. The maximum Gasteiger partial charge on any atom is 0.223 e. The molecule has 0 saturated heterocycles. The van der Waals surface area contributed by atoms with Crippen molar-refractivity contribution in [2.24, 2.45) is 11.8 Å². The zero-order chi connectivity index (χ0) is 11.8. The van der Waals surface area contributed by atoms with E-state index in [-0.39, 0.29) is 11.8 Å². The second-order valence-corrected chi connectivity index (χ2v) is 6.11. The third-order valence-electron chi connectivity index (χ3n) is 3.67. The van der Waals surface area contributed by atoms with Gasteiger partial charge in [-0.15, -0.1) is 0 Å². The lowest BCUT2D eigenvalue weighted by molar-refractivity contribution is -0.122. The van der Waals surface area contributed by atoms with Crippen LogP contribution in [0.3, 0.4) is 0 Å². The van der Waals surface area contributed by atoms with Crippen LogP contribution in [0.15, 0.2) is 28.7 Å². The third kappa shape index (κ3) is 2.71. The van der Waals surface area contributed by atoms with Gasteiger partial charge in [0.2, 0.25) is 5.91 Å². The smallest absolute Gasteiger partial charge is 0.223 e. The number of carbonyl (C=O) groups is 1. The molecule has 0 unspecified atom stereocenters. The Morgan fingerprint density at radius 2 is 2.24 bits per heavy atom. The molecule has 1 N–H and O–H groups in total. The number of rotatable bonds is 4. The van der Waals surface area contributed by atoms with E-state index in [1.807, 2.05) is 12.1 Å². The van der Waals surface area contributed by atoms with Gasteiger partial charge >= 0.3 is 0 Å². The average molecular weight is 294 g/mol. The quantitative estimate of drug-likeness (QED) is 0.908. The average Bonchev–Trinajstić information content (AvgIpc) is 3.18. The van der Waals surface area contributed by atoms with Crippen LogP contribution >= 0.6 is 15.9 Å². The first-order chi connectivity index (χ1) is 8.24. The molecule has 2 nitrogen and oxygen atoms in total. The Bertz CT molecular complexity index is 442. The van der Waals surface area contributed by atoms with Gasteiger partial charge in [0.15, 0.2) is 0 Å². The number of amides is 1. The van der Waals surface area contributed by atoms with E-state index in [1.165, 1.54) is 18.4 Å². The first kappa shape index (κ1) is 11.3. The van der Waals surface area contributed by atoms with Crippen LogP contribution in [0, 0.1) is 11.8 Å². The molecule has 0 heterocycles. The molecule has 0 bridgehead atoms. The van der Waals surface area contributed by atoms with E-state index < -0.39 is 0 Å². The molecule has 0 aromatic heterocycles. The highest BCUT2D eigenvalue weighted by molar-refractivity contribution is 9.10. The molecular formula is C14H16BrNO. The van der Waals surface area contributed by atoms with Crippen molar-refractivity contribution < 1.29 is 4.79 Å². The van der Waals surface area contributed by atoms with Crippen LogP contribution in [0.4, 0.5) is 0 Å². The summed E-state index contributed by atoms with van der Waals surface area (Å²) in [7, 11) is 0. The zero-order valence-corrected chi connectivity index (χ0v) is 11.2. The van der Waals surface area contributed by atoms with Crippen molar-refractivity contribution in [1.29, 1.82) is 0 Å². The third-order valence-corrected chi connectivity index (χ3v) is 4.16. The van der Waals surface area contributed by atoms with Crippen LogP contribution in [-0.2, 0) is 4.79 Å². The minimum Gasteiger partial charge on any atom is -0.356 e. The lowest BCUT2D eigenvalue weighted by Crippen LogP contribution is -2.27. The molecule has 0 radical (unpaired) electrons. The van der Waals surface area contributed by atoms with E-state index in [4.69, 9.17) is 0 Å². The summed E-state index contributed by atoms with van der Waals surface area (Å²) in [4.78, 5) is 11.9. The SMILES string of the molecule is O=C(NCC1CC1)[C@H]1C[C@@H]1c1cccc(Br)c1. The lowest BCUT2D eigenvalue weighted by Gasteiger charge is -2.04. The summed E-state index contributed by atoms with van der Waals surface area (Å²) in [5.74, 6) is 1.67. The standard InChI is InChI=1S/C14H16BrNO/c15-11-3-1-2-10(6-11)12-7-13(12)14(17)16-8-9-4-5-9/h1-3,6,9,12-13H,4-5,7-8H2,(H,16,17)/t12-,13+/m1/s1. The molecule has 1 aromatic carbocycles. The molecule has 1 amide bonds. The first-order valence-electron chi connectivity index (χ1n) is 6.27. The molecular weight excluding hydrogens is 278 g/mol. The summed E-state index contributed by atoms with van der Waals surface area (Å²) in [6.07, 6.45) is 3.59. The normalized spacial score (nSPS) is 26.6. The fourth-order valence-corrected chi connectivity index (χ4v) is 2.71. The molecule has 0 spiro atoms. The van der Waals surface area contributed by atoms with Crippen LogP contribution in [0.2, 0.25) is 0 Å². The van der Waals surface area contributed by atoms with E-state index in [0.29, 0.717) is 5.92 Å². The van der Waals surface area contributed by atoms with Crippen LogP contribution in [0.25, 0.3) is 0 Å². The van der Waals surface area contributed by atoms with Gasteiger partial charge < -0.3 is 5.32 Å². The Hall–Kier alpha value is -0.830. The minimum absolute atomic E-state index is 0.211. The van der Waals surface area contributed by atoms with E-state index in [0.717, 1.165) is 23.4 Å². The van der Waals surface area contributed by atoms with Gasteiger partial charge in [-0.05, 0) is 48.8 Å². The van der Waals surface area contributed by atoms with Crippen molar-refractivity contribution in [2.75, 3.05) is 6.54 Å². The van der Waals surface area contributed by atoms with Crippen LogP contribution in [0.5, 0.6) is 0 Å². The number of carbonyl (C=O) groups excluding carboxylic acids is 1. The summed E-state index contributed by atoms with van der Waals surface area (Å²) in [6.45, 7) is 0.889. The van der Waals surface area contributed by atoms with Gasteiger partial charge in [-0.3, -0.25) is 4.79 Å². The van der Waals surface area contributed by atoms with Crippen LogP contribution in [0.1, 0.15) is 30.7 Å². The van der Waals surface area contributed by atoms with Gasteiger partial charge in [0.25, 0.3) is 0 Å². The summed E-state index contributed by atoms with van der Waals surface area (Å²) in [5.41, 5.74) is 1.28. The van der Waals surface area contributed by atoms with E-state index in [1.54, 1.807) is 0 Å². The molecule has 1 aromatic rings. The maximum atomic E-state index is 11.9. The number of benzene rings is 1. The monoisotopic (exact) mass is 293 g/mol. The Balaban J connectivity index is 1.56. The molecule has 0 aliphatic heterocycles. The maximum absolute atomic E-state index is 11.9. The molecule has 3 rings (SSSR count). The van der Waals surface area contributed by atoms with Crippen LogP contribution < -0.4 is 5.32 Å². The largest absolute Gasteiger partial charge is 0.356 e. The predicted octanol–water partition coefficient (Wildman–Crippen LogP) is 3.08. The number of halogens is 1. The summed E-state index contributed by atoms with van der Waals surface area (Å²) < 4.78 is 1.10. The van der Waals surface area contributed by atoms with Gasteiger partial charge in [0.05, 0.1) is 0 Å². The van der Waals surface area contributed by atoms with Gasteiger partial charge in [-0.1, -0.05) is 28.1 Å². The van der Waals surface area contributed by atoms with Crippen molar-refractivity contribution in [3.8, 4) is 0 Å². The van der Waals surface area contributed by atoms with Crippen molar-refractivity contribution in [3.05, 3.63) is 34.3 Å². The first-order valence-corrected chi connectivity index (χ1v) is 7.06. The van der Waals surface area contributed by atoms with Crippen molar-refractivity contribution in [2.45, 2.75) is 25.2 Å². The van der Waals surface area contributed by atoms with Crippen molar-refractivity contribution in [1.82, 2.24) is 5.32 Å². The Labute approximate surface area is 110 Å². The van der Waals surface area contributed by atoms with Gasteiger partial charge in [-0.2, -0.15) is 0 Å². The summed E-state index contributed by atoms with van der Waals surface area (Å²) >= 11 is 3.47. The van der Waals surface area contributed by atoms with Gasteiger partial charge in [-0.25, -0.2) is 0 Å². The molecule has 3 heteroatoms. The molecule has 2 saturated carbocycles. The summed E-state index contributed by atoms with van der Waals surface area (Å²) in [5, 5.41) is 3.07. The fraction of sp³-hybridized carbons (Fsp3) is 0.500. The fourth-order valence-electron chi connectivity index (χ4n) is 2.29.